The normalized spacial score (nSPS) is 16.3. The number of aromatic nitrogens is 4. The number of carbonyl (C=O) groups is 4. The van der Waals surface area contributed by atoms with Crippen LogP contribution in [0.15, 0.2) is 116 Å². The van der Waals surface area contributed by atoms with E-state index in [-0.39, 0.29) is 58.9 Å². The zero-order valence-corrected chi connectivity index (χ0v) is 34.4. The molecule has 3 N–H and O–H groups in total. The first-order valence-electron chi connectivity index (χ1n) is 20.2. The number of aromatic amines is 1. The standard InChI is InChI=1S/C47H40Cl2N8O4/c48-38-23-30-7-1-3-11-36(30)44(54-38)46(60)56-21-5-9-34(56)25-40(58)52-32-17-13-28(14-18-32)42-43(51-27-50-42)29-15-19-33(20-16-29)53-41(59)26-35-10-6-22-57(35)47(61)45-37-12-4-2-8-31(37)24-39(49)55-45/h1-4,7-8,11-20,23-24,27,34-35H,5-6,9-10,21-22,25-26H2,(H,50,51)(H,52,58)(H,53,59)/t34-,35-/m0/s1. The number of fused-ring (bicyclic) bond motifs is 2. The van der Waals surface area contributed by atoms with Crippen LogP contribution in [0.4, 0.5) is 11.4 Å². The van der Waals surface area contributed by atoms with E-state index in [2.05, 4.69) is 30.6 Å². The molecule has 0 aliphatic carbocycles. The Kier molecular flexibility index (Phi) is 11.2. The van der Waals surface area contributed by atoms with Gasteiger partial charge in [0.05, 0.1) is 17.7 Å². The van der Waals surface area contributed by atoms with Crippen LogP contribution >= 0.6 is 23.2 Å². The number of amides is 4. The Bertz CT molecular complexity index is 2620. The van der Waals surface area contributed by atoms with Crippen LogP contribution in [0.5, 0.6) is 0 Å². The van der Waals surface area contributed by atoms with Gasteiger partial charge in [0.1, 0.15) is 21.7 Å². The second kappa shape index (κ2) is 17.2. The lowest BCUT2D eigenvalue weighted by Crippen LogP contribution is -2.38. The van der Waals surface area contributed by atoms with E-state index in [1.165, 1.54) is 0 Å². The molecule has 4 aromatic carbocycles. The average Bonchev–Trinajstić information content (AvgIpc) is 4.05. The Morgan fingerprint density at radius 1 is 0.623 bits per heavy atom. The third kappa shape index (κ3) is 8.41. The number of imidazole rings is 1. The van der Waals surface area contributed by atoms with Gasteiger partial charge in [-0.2, -0.15) is 0 Å². The summed E-state index contributed by atoms with van der Waals surface area (Å²) in [6.45, 7) is 1.09. The molecule has 0 unspecified atom stereocenters. The second-order valence-corrected chi connectivity index (χ2v) is 16.2. The van der Waals surface area contributed by atoms with E-state index in [0.29, 0.717) is 35.9 Å². The van der Waals surface area contributed by atoms with Crippen molar-refractivity contribution in [2.45, 2.75) is 50.6 Å². The number of nitrogens with one attached hydrogen (secondary N) is 3. The van der Waals surface area contributed by atoms with Gasteiger partial charge in [-0.15, -0.1) is 0 Å². The SMILES string of the molecule is O=C(C[C@@H]1CCCN1C(=O)c1nc(Cl)cc2ccccc12)Nc1ccc(-c2nc[nH]c2-c2ccc(NC(=O)C[C@@H]3CCCN3C(=O)c3nc(Cl)cc4ccccc34)cc2)cc1. The van der Waals surface area contributed by atoms with Crippen molar-refractivity contribution in [3.63, 3.8) is 0 Å². The highest BCUT2D eigenvalue weighted by molar-refractivity contribution is 6.31. The van der Waals surface area contributed by atoms with Gasteiger partial charge in [-0.25, -0.2) is 15.0 Å². The van der Waals surface area contributed by atoms with E-state index >= 15 is 0 Å². The highest BCUT2D eigenvalue weighted by Crippen LogP contribution is 2.32. The number of halogens is 2. The van der Waals surface area contributed by atoms with Gasteiger partial charge in [0.2, 0.25) is 11.8 Å². The molecule has 0 saturated carbocycles. The van der Waals surface area contributed by atoms with Crippen molar-refractivity contribution >= 4 is 79.8 Å². The fraction of sp³-hybridized carbons (Fsp3) is 0.213. The smallest absolute Gasteiger partial charge is 0.273 e. The zero-order chi connectivity index (χ0) is 42.0. The molecule has 9 rings (SSSR count). The molecule has 5 heterocycles. The van der Waals surface area contributed by atoms with Crippen molar-refractivity contribution in [1.82, 2.24) is 29.7 Å². The quantitative estimate of drug-likeness (QED) is 0.116. The summed E-state index contributed by atoms with van der Waals surface area (Å²) in [5.74, 6) is -0.827. The monoisotopic (exact) mass is 850 g/mol. The number of hydrogen-bond donors (Lipinski definition) is 3. The van der Waals surface area contributed by atoms with Crippen molar-refractivity contribution in [1.29, 1.82) is 0 Å². The van der Waals surface area contributed by atoms with Crippen LogP contribution < -0.4 is 10.6 Å². The maximum absolute atomic E-state index is 13.7. The number of benzene rings is 4. The maximum atomic E-state index is 13.7. The number of H-pyrrole nitrogens is 1. The highest BCUT2D eigenvalue weighted by Gasteiger charge is 2.34. The van der Waals surface area contributed by atoms with E-state index in [0.717, 1.165) is 69.7 Å². The molecular weight excluding hydrogens is 811 g/mol. The molecule has 2 aliphatic rings. The van der Waals surface area contributed by atoms with Crippen LogP contribution in [0.3, 0.4) is 0 Å². The summed E-state index contributed by atoms with van der Waals surface area (Å²) in [6.07, 6.45) is 4.97. The first-order valence-corrected chi connectivity index (χ1v) is 21.0. The van der Waals surface area contributed by atoms with Gasteiger partial charge in [-0.3, -0.25) is 19.2 Å². The second-order valence-electron chi connectivity index (χ2n) is 15.4. The van der Waals surface area contributed by atoms with E-state index in [1.54, 1.807) is 28.3 Å². The molecule has 2 atom stereocenters. The zero-order valence-electron chi connectivity index (χ0n) is 32.9. The van der Waals surface area contributed by atoms with Crippen LogP contribution in [0.2, 0.25) is 10.3 Å². The van der Waals surface area contributed by atoms with Crippen LogP contribution in [-0.2, 0) is 9.59 Å². The molecule has 7 aromatic rings. The summed E-state index contributed by atoms with van der Waals surface area (Å²) in [5, 5.41) is 9.63. The van der Waals surface area contributed by atoms with E-state index in [1.807, 2.05) is 97.1 Å². The molecule has 0 spiro atoms. The number of hydrogen-bond acceptors (Lipinski definition) is 7. The van der Waals surface area contributed by atoms with Crippen molar-refractivity contribution in [2.75, 3.05) is 23.7 Å². The van der Waals surface area contributed by atoms with Crippen LogP contribution in [0.1, 0.15) is 59.5 Å². The Morgan fingerprint density at radius 3 is 1.57 bits per heavy atom. The predicted octanol–water partition coefficient (Wildman–Crippen LogP) is 9.41. The first kappa shape index (κ1) is 39.8. The molecular formula is C47H40Cl2N8O4. The number of nitrogens with zero attached hydrogens (tertiary/aromatic N) is 5. The summed E-state index contributed by atoms with van der Waals surface area (Å²) in [6, 6.07) is 32.9. The summed E-state index contributed by atoms with van der Waals surface area (Å²) in [7, 11) is 0. The van der Waals surface area contributed by atoms with Crippen LogP contribution in [0, 0.1) is 0 Å². The summed E-state index contributed by atoms with van der Waals surface area (Å²) >= 11 is 12.5. The number of anilines is 2. The number of rotatable bonds is 10. The molecule has 306 valence electrons. The van der Waals surface area contributed by atoms with Crippen LogP contribution in [0.25, 0.3) is 44.1 Å². The fourth-order valence-electron chi connectivity index (χ4n) is 8.58. The van der Waals surface area contributed by atoms with Crippen LogP contribution in [-0.4, -0.2) is 78.5 Å². The lowest BCUT2D eigenvalue weighted by atomic mass is 10.0. The predicted molar refractivity (Wildman–Crippen MR) is 238 cm³/mol. The van der Waals surface area contributed by atoms with Gasteiger partial charge in [-0.1, -0.05) is 96.0 Å². The fourth-order valence-corrected chi connectivity index (χ4v) is 8.98. The summed E-state index contributed by atoms with van der Waals surface area (Å²) in [4.78, 5) is 74.0. The van der Waals surface area contributed by atoms with Crippen molar-refractivity contribution in [2.24, 2.45) is 0 Å². The number of likely N-dealkylation sites (tertiary alicyclic amines) is 2. The minimum Gasteiger partial charge on any atom is -0.344 e. The van der Waals surface area contributed by atoms with Crippen molar-refractivity contribution < 1.29 is 19.2 Å². The Morgan fingerprint density at radius 2 is 1.08 bits per heavy atom. The van der Waals surface area contributed by atoms with Crippen molar-refractivity contribution in [3.8, 4) is 22.5 Å². The molecule has 3 aromatic heterocycles. The highest BCUT2D eigenvalue weighted by atomic mass is 35.5. The van der Waals surface area contributed by atoms with Gasteiger partial charge >= 0.3 is 0 Å². The maximum Gasteiger partial charge on any atom is 0.273 e. The molecule has 0 radical (unpaired) electrons. The third-order valence-corrected chi connectivity index (χ3v) is 11.9. The average molecular weight is 852 g/mol. The van der Waals surface area contributed by atoms with Gasteiger partial charge in [0, 0.05) is 71.3 Å². The molecule has 14 heteroatoms. The topological polar surface area (TPSA) is 153 Å². The molecule has 61 heavy (non-hydrogen) atoms. The first-order chi connectivity index (χ1) is 29.7. The molecule has 12 nitrogen and oxygen atoms in total. The van der Waals surface area contributed by atoms with Gasteiger partial charge in [-0.05, 0) is 72.9 Å². The van der Waals surface area contributed by atoms with Gasteiger partial charge < -0.3 is 25.4 Å². The molecule has 4 amide bonds. The summed E-state index contributed by atoms with van der Waals surface area (Å²) < 4.78 is 0. The van der Waals surface area contributed by atoms with E-state index in [4.69, 9.17) is 23.2 Å². The minimum atomic E-state index is -0.259. The van der Waals surface area contributed by atoms with Gasteiger partial charge in [0.15, 0.2) is 0 Å². The third-order valence-electron chi connectivity index (χ3n) is 11.5. The molecule has 2 fully saturated rings. The minimum absolute atomic E-state index is 0.157. The van der Waals surface area contributed by atoms with E-state index in [9.17, 15) is 19.2 Å². The molecule has 2 saturated heterocycles. The lowest BCUT2D eigenvalue weighted by molar-refractivity contribution is -0.117. The Hall–Kier alpha value is -6.63. The Balaban J connectivity index is 0.805. The summed E-state index contributed by atoms with van der Waals surface area (Å²) in [5.41, 5.74) is 5.09. The Labute approximate surface area is 361 Å². The van der Waals surface area contributed by atoms with Gasteiger partial charge in [0.25, 0.3) is 11.8 Å². The van der Waals surface area contributed by atoms with E-state index < -0.39 is 0 Å². The van der Waals surface area contributed by atoms with Crippen molar-refractivity contribution in [3.05, 3.63) is 137 Å². The number of pyridine rings is 2. The molecule has 2 aliphatic heterocycles. The number of carbonyl (C=O) groups excluding carboxylic acids is 4. The largest absolute Gasteiger partial charge is 0.344 e. The molecule has 0 bridgehead atoms. The lowest BCUT2D eigenvalue weighted by Gasteiger charge is -2.24.